The molecule has 0 radical (unpaired) electrons. The zero-order chi connectivity index (χ0) is 16.1. The summed E-state index contributed by atoms with van der Waals surface area (Å²) in [5.41, 5.74) is 6.48. The van der Waals surface area contributed by atoms with Crippen LogP contribution in [0.15, 0.2) is 42.5 Å². The van der Waals surface area contributed by atoms with Gasteiger partial charge in [-0.3, -0.25) is 0 Å². The highest BCUT2D eigenvalue weighted by Crippen LogP contribution is 2.51. The molecule has 2 aromatic rings. The first-order chi connectivity index (χ1) is 11.0. The lowest BCUT2D eigenvalue weighted by molar-refractivity contribution is 0.424. The van der Waals surface area contributed by atoms with Gasteiger partial charge in [0, 0.05) is 21.7 Å². The first-order valence-electron chi connectivity index (χ1n) is 8.04. The van der Waals surface area contributed by atoms with Gasteiger partial charge in [-0.05, 0) is 66.6 Å². The van der Waals surface area contributed by atoms with Crippen LogP contribution in [0.2, 0.25) is 10.0 Å². The fourth-order valence-electron chi connectivity index (χ4n) is 4.20. The normalized spacial score (nSPS) is 25.0. The van der Waals surface area contributed by atoms with Crippen molar-refractivity contribution in [1.29, 1.82) is 0 Å². The molecule has 3 heteroatoms. The van der Waals surface area contributed by atoms with E-state index in [4.69, 9.17) is 23.2 Å². The Labute approximate surface area is 147 Å². The molecule has 1 heterocycles. The molecule has 0 fully saturated rings. The van der Waals surface area contributed by atoms with Crippen molar-refractivity contribution >= 4 is 28.9 Å². The number of nitrogens with one attached hydrogen (secondary N) is 1. The number of rotatable bonds is 1. The molecule has 2 aliphatic rings. The summed E-state index contributed by atoms with van der Waals surface area (Å²) in [4.78, 5) is 0. The second-order valence-electron chi connectivity index (χ2n) is 6.68. The zero-order valence-corrected chi connectivity index (χ0v) is 14.7. The lowest BCUT2D eigenvalue weighted by atomic mass is 9.75. The van der Waals surface area contributed by atoms with Gasteiger partial charge in [-0.1, -0.05) is 47.5 Å². The predicted molar refractivity (Wildman–Crippen MR) is 98.7 cm³/mol. The molecule has 1 aliphatic carbocycles. The van der Waals surface area contributed by atoms with Crippen LogP contribution in [-0.4, -0.2) is 0 Å². The lowest BCUT2D eigenvalue weighted by Crippen LogP contribution is -2.30. The Kier molecular flexibility index (Phi) is 3.66. The molecule has 118 valence electrons. The zero-order valence-electron chi connectivity index (χ0n) is 13.2. The maximum Gasteiger partial charge on any atom is 0.0568 e. The van der Waals surface area contributed by atoms with E-state index in [1.54, 1.807) is 0 Å². The largest absolute Gasteiger partial charge is 0.378 e. The van der Waals surface area contributed by atoms with E-state index in [9.17, 15) is 0 Å². The molecule has 0 saturated heterocycles. The molecular weight excluding hydrogens is 325 g/mol. The maximum absolute atomic E-state index is 6.50. The van der Waals surface area contributed by atoms with E-state index < -0.39 is 0 Å². The molecule has 0 saturated carbocycles. The van der Waals surface area contributed by atoms with Gasteiger partial charge in [-0.2, -0.15) is 0 Å². The molecule has 0 bridgehead atoms. The molecule has 0 aromatic heterocycles. The van der Waals surface area contributed by atoms with E-state index in [1.165, 1.54) is 22.4 Å². The summed E-state index contributed by atoms with van der Waals surface area (Å²) in [5, 5.41) is 5.19. The second kappa shape index (κ2) is 5.58. The van der Waals surface area contributed by atoms with Gasteiger partial charge in [-0.15, -0.1) is 0 Å². The lowest BCUT2D eigenvalue weighted by Gasteiger charge is -2.39. The van der Waals surface area contributed by atoms with Crippen molar-refractivity contribution in [3.8, 4) is 0 Å². The van der Waals surface area contributed by atoms with Gasteiger partial charge in [0.2, 0.25) is 0 Å². The third kappa shape index (κ3) is 2.47. The van der Waals surface area contributed by atoms with Gasteiger partial charge in [0.25, 0.3) is 0 Å². The van der Waals surface area contributed by atoms with Crippen LogP contribution >= 0.6 is 23.2 Å². The van der Waals surface area contributed by atoms with Crippen molar-refractivity contribution in [2.45, 2.75) is 32.2 Å². The number of fused-ring (bicyclic) bond motifs is 3. The molecule has 1 nitrogen and oxygen atoms in total. The summed E-state index contributed by atoms with van der Waals surface area (Å²) in [6.45, 7) is 4.36. The van der Waals surface area contributed by atoms with E-state index >= 15 is 0 Å². The average molecular weight is 344 g/mol. The monoisotopic (exact) mass is 343 g/mol. The Balaban J connectivity index is 1.84. The van der Waals surface area contributed by atoms with E-state index in [-0.39, 0.29) is 6.04 Å². The number of hydrogen-bond donors (Lipinski definition) is 1. The van der Waals surface area contributed by atoms with Crippen LogP contribution in [-0.2, 0) is 0 Å². The van der Waals surface area contributed by atoms with Crippen LogP contribution in [0, 0.1) is 19.8 Å². The van der Waals surface area contributed by atoms with Crippen LogP contribution in [0.4, 0.5) is 5.69 Å². The minimum Gasteiger partial charge on any atom is -0.378 e. The smallest absolute Gasteiger partial charge is 0.0568 e. The molecule has 1 N–H and O–H groups in total. The summed E-state index contributed by atoms with van der Waals surface area (Å²) in [6.07, 6.45) is 5.75. The fourth-order valence-corrected chi connectivity index (χ4v) is 4.73. The number of hydrogen-bond acceptors (Lipinski definition) is 1. The molecule has 23 heavy (non-hydrogen) atoms. The second-order valence-corrected chi connectivity index (χ2v) is 7.53. The Morgan fingerprint density at radius 1 is 1.09 bits per heavy atom. The Morgan fingerprint density at radius 3 is 2.70 bits per heavy atom. The molecule has 2 aromatic carbocycles. The quantitative estimate of drug-likeness (QED) is 0.587. The van der Waals surface area contributed by atoms with Crippen molar-refractivity contribution < 1.29 is 0 Å². The van der Waals surface area contributed by atoms with E-state index in [0.717, 1.165) is 17.0 Å². The van der Waals surface area contributed by atoms with Gasteiger partial charge in [0.05, 0.1) is 6.04 Å². The van der Waals surface area contributed by atoms with Gasteiger partial charge in [0.15, 0.2) is 0 Å². The van der Waals surface area contributed by atoms with Gasteiger partial charge in [0.1, 0.15) is 0 Å². The summed E-state index contributed by atoms with van der Waals surface area (Å²) in [7, 11) is 0. The molecule has 3 unspecified atom stereocenters. The summed E-state index contributed by atoms with van der Waals surface area (Å²) in [5.74, 6) is 0.964. The molecule has 0 spiro atoms. The molecule has 0 amide bonds. The highest BCUT2D eigenvalue weighted by molar-refractivity contribution is 6.35. The highest BCUT2D eigenvalue weighted by atomic mass is 35.5. The van der Waals surface area contributed by atoms with Crippen LogP contribution in [0.1, 0.15) is 40.6 Å². The van der Waals surface area contributed by atoms with Gasteiger partial charge in [-0.25, -0.2) is 0 Å². The average Bonchev–Trinajstić information content (AvgIpc) is 2.95. The summed E-state index contributed by atoms with van der Waals surface area (Å²) < 4.78 is 0. The van der Waals surface area contributed by atoms with Crippen LogP contribution < -0.4 is 5.32 Å². The van der Waals surface area contributed by atoms with Gasteiger partial charge >= 0.3 is 0 Å². The minimum absolute atomic E-state index is 0.216. The van der Waals surface area contributed by atoms with Gasteiger partial charge < -0.3 is 5.32 Å². The number of halogens is 2. The van der Waals surface area contributed by atoms with Crippen molar-refractivity contribution in [2.24, 2.45) is 5.92 Å². The molecule has 3 atom stereocenters. The van der Waals surface area contributed by atoms with Crippen molar-refractivity contribution in [1.82, 2.24) is 0 Å². The number of aryl methyl sites for hydroxylation is 2. The molecule has 4 rings (SSSR count). The Hall–Kier alpha value is -1.44. The standard InChI is InChI=1S/C20H19Cl2N/c1-11-8-12(2)19-14-4-3-5-15(14)20(23-18(19)9-11)16-7-6-13(21)10-17(16)22/h3-4,6-10,14-15,20,23H,5H2,1-2H3. The summed E-state index contributed by atoms with van der Waals surface area (Å²) in [6, 6.07) is 10.6. The van der Waals surface area contributed by atoms with Crippen LogP contribution in [0.3, 0.4) is 0 Å². The van der Waals surface area contributed by atoms with Crippen LogP contribution in [0.5, 0.6) is 0 Å². The predicted octanol–water partition coefficient (Wildman–Crippen LogP) is 6.44. The summed E-state index contributed by atoms with van der Waals surface area (Å²) >= 11 is 12.6. The SMILES string of the molecule is Cc1cc(C)c2c(c1)NC(c1ccc(Cl)cc1Cl)C1CC=CC21. The van der Waals surface area contributed by atoms with Crippen molar-refractivity contribution in [3.05, 3.63) is 74.8 Å². The first kappa shape index (κ1) is 15.1. The maximum atomic E-state index is 6.50. The van der Waals surface area contributed by atoms with Crippen LogP contribution in [0.25, 0.3) is 0 Å². The topological polar surface area (TPSA) is 12.0 Å². The number of benzene rings is 2. The van der Waals surface area contributed by atoms with E-state index in [0.29, 0.717) is 16.9 Å². The highest BCUT2D eigenvalue weighted by Gasteiger charge is 2.39. The fraction of sp³-hybridized carbons (Fsp3) is 0.300. The third-order valence-corrected chi connectivity index (χ3v) is 5.68. The van der Waals surface area contributed by atoms with Crippen molar-refractivity contribution in [2.75, 3.05) is 5.32 Å². The minimum atomic E-state index is 0.216. The number of allylic oxidation sites excluding steroid dienone is 2. The number of anilines is 1. The van der Waals surface area contributed by atoms with E-state index in [1.807, 2.05) is 12.1 Å². The van der Waals surface area contributed by atoms with E-state index in [2.05, 4.69) is 49.5 Å². The molecule has 1 aliphatic heterocycles. The Bertz CT molecular complexity index is 810. The third-order valence-electron chi connectivity index (χ3n) is 5.11. The first-order valence-corrected chi connectivity index (χ1v) is 8.79. The molecular formula is C20H19Cl2N. The Morgan fingerprint density at radius 2 is 1.91 bits per heavy atom. The van der Waals surface area contributed by atoms with Crippen molar-refractivity contribution in [3.63, 3.8) is 0 Å².